The zero-order chi connectivity index (χ0) is 14.4. The van der Waals surface area contributed by atoms with Gasteiger partial charge in [0.2, 0.25) is 0 Å². The summed E-state index contributed by atoms with van der Waals surface area (Å²) >= 11 is 0. The van der Waals surface area contributed by atoms with E-state index in [-0.39, 0.29) is 12.1 Å². The number of hydrogen-bond acceptors (Lipinski definition) is 2. The van der Waals surface area contributed by atoms with Gasteiger partial charge in [0.1, 0.15) is 0 Å². The third kappa shape index (κ3) is 4.85. The van der Waals surface area contributed by atoms with E-state index in [9.17, 15) is 4.79 Å². The van der Waals surface area contributed by atoms with Crippen molar-refractivity contribution in [2.75, 3.05) is 25.0 Å². The van der Waals surface area contributed by atoms with Crippen LogP contribution in [0.2, 0.25) is 0 Å². The van der Waals surface area contributed by atoms with E-state index in [1.807, 2.05) is 30.3 Å². The topological polar surface area (TPSA) is 44.4 Å². The fraction of sp³-hybridized carbons (Fsp3) is 0.562. The molecule has 0 aromatic heterocycles. The Labute approximate surface area is 121 Å². The van der Waals surface area contributed by atoms with Gasteiger partial charge in [-0.15, -0.1) is 0 Å². The van der Waals surface area contributed by atoms with Crippen LogP contribution in [0.5, 0.6) is 0 Å². The summed E-state index contributed by atoms with van der Waals surface area (Å²) in [6.07, 6.45) is 2.59. The van der Waals surface area contributed by atoms with Crippen LogP contribution in [0.1, 0.15) is 26.7 Å². The highest BCUT2D eigenvalue weighted by Gasteiger charge is 2.18. The van der Waals surface area contributed by atoms with Gasteiger partial charge in [0.25, 0.3) is 0 Å². The second kappa shape index (κ2) is 7.29. The normalized spacial score (nSPS) is 21.2. The molecule has 2 rings (SSSR count). The summed E-state index contributed by atoms with van der Waals surface area (Å²) in [7, 11) is 0. The Balaban J connectivity index is 1.73. The number of likely N-dealkylation sites (tertiary alicyclic amines) is 1. The Morgan fingerprint density at radius 2 is 2.15 bits per heavy atom. The first-order chi connectivity index (χ1) is 9.63. The average molecular weight is 275 g/mol. The van der Waals surface area contributed by atoms with Crippen molar-refractivity contribution in [2.24, 2.45) is 5.92 Å². The van der Waals surface area contributed by atoms with E-state index in [4.69, 9.17) is 0 Å². The first-order valence-electron chi connectivity index (χ1n) is 7.48. The number of carbonyl (C=O) groups is 1. The molecule has 0 spiro atoms. The molecule has 1 aromatic carbocycles. The molecule has 4 heteroatoms. The number of amides is 2. The lowest BCUT2D eigenvalue weighted by molar-refractivity contribution is 0.170. The Morgan fingerprint density at radius 3 is 2.85 bits per heavy atom. The summed E-state index contributed by atoms with van der Waals surface area (Å²) in [6.45, 7) is 7.58. The number of nitrogens with zero attached hydrogens (tertiary/aromatic N) is 1. The van der Waals surface area contributed by atoms with Crippen LogP contribution in [-0.2, 0) is 0 Å². The molecule has 2 unspecified atom stereocenters. The van der Waals surface area contributed by atoms with Gasteiger partial charge in [-0.1, -0.05) is 25.1 Å². The van der Waals surface area contributed by atoms with Crippen molar-refractivity contribution in [2.45, 2.75) is 32.7 Å². The number of anilines is 1. The lowest BCUT2D eigenvalue weighted by atomic mass is 10.00. The number of hydrogen-bond donors (Lipinski definition) is 2. The monoisotopic (exact) mass is 275 g/mol. The highest BCUT2D eigenvalue weighted by atomic mass is 16.2. The number of piperidine rings is 1. The average Bonchev–Trinajstić information content (AvgIpc) is 2.39. The van der Waals surface area contributed by atoms with Crippen molar-refractivity contribution in [1.29, 1.82) is 0 Å². The summed E-state index contributed by atoms with van der Waals surface area (Å²) < 4.78 is 0. The third-order valence-corrected chi connectivity index (χ3v) is 3.68. The van der Waals surface area contributed by atoms with Gasteiger partial charge in [-0.05, 0) is 44.4 Å². The van der Waals surface area contributed by atoms with Gasteiger partial charge in [-0.2, -0.15) is 0 Å². The molecule has 1 saturated heterocycles. The molecule has 1 heterocycles. The molecule has 1 fully saturated rings. The Bertz CT molecular complexity index is 421. The molecule has 2 atom stereocenters. The SMILES string of the molecule is CC1CCCN(CC(C)NC(=O)Nc2ccccc2)C1. The summed E-state index contributed by atoms with van der Waals surface area (Å²) in [5, 5.41) is 5.85. The minimum atomic E-state index is -0.131. The van der Waals surface area contributed by atoms with Crippen molar-refractivity contribution in [1.82, 2.24) is 10.2 Å². The maximum absolute atomic E-state index is 11.9. The van der Waals surface area contributed by atoms with Crippen LogP contribution in [0.3, 0.4) is 0 Å². The van der Waals surface area contributed by atoms with Crippen molar-refractivity contribution in [3.05, 3.63) is 30.3 Å². The standard InChI is InChI=1S/C16H25N3O/c1-13-7-6-10-19(11-13)12-14(2)17-16(20)18-15-8-4-3-5-9-15/h3-5,8-9,13-14H,6-7,10-12H2,1-2H3,(H2,17,18,20). The number of para-hydroxylation sites is 1. The van der Waals surface area contributed by atoms with Crippen LogP contribution in [0.25, 0.3) is 0 Å². The van der Waals surface area contributed by atoms with Crippen molar-refractivity contribution in [3.63, 3.8) is 0 Å². The largest absolute Gasteiger partial charge is 0.334 e. The van der Waals surface area contributed by atoms with E-state index in [0.29, 0.717) is 0 Å². The number of benzene rings is 1. The smallest absolute Gasteiger partial charge is 0.319 e. The quantitative estimate of drug-likeness (QED) is 0.887. The lowest BCUT2D eigenvalue weighted by Crippen LogP contribution is -2.46. The lowest BCUT2D eigenvalue weighted by Gasteiger charge is -2.32. The fourth-order valence-corrected chi connectivity index (χ4v) is 2.80. The van der Waals surface area contributed by atoms with Gasteiger partial charge < -0.3 is 15.5 Å². The minimum absolute atomic E-state index is 0.131. The Morgan fingerprint density at radius 1 is 1.40 bits per heavy atom. The van der Waals surface area contributed by atoms with Crippen molar-refractivity contribution in [3.8, 4) is 0 Å². The highest BCUT2D eigenvalue weighted by molar-refractivity contribution is 5.89. The van der Waals surface area contributed by atoms with Gasteiger partial charge >= 0.3 is 6.03 Å². The predicted octanol–water partition coefficient (Wildman–Crippen LogP) is 2.93. The first-order valence-corrected chi connectivity index (χ1v) is 7.48. The summed E-state index contributed by atoms with van der Waals surface area (Å²) in [5.74, 6) is 0.772. The fourth-order valence-electron chi connectivity index (χ4n) is 2.80. The molecule has 2 amide bonds. The molecule has 1 aliphatic heterocycles. The summed E-state index contributed by atoms with van der Waals surface area (Å²) in [4.78, 5) is 14.3. The molecule has 0 radical (unpaired) electrons. The molecule has 1 aliphatic rings. The van der Waals surface area contributed by atoms with E-state index in [1.54, 1.807) is 0 Å². The third-order valence-electron chi connectivity index (χ3n) is 3.68. The summed E-state index contributed by atoms with van der Waals surface area (Å²) in [5.41, 5.74) is 0.823. The van der Waals surface area contributed by atoms with E-state index in [1.165, 1.54) is 12.8 Å². The number of rotatable bonds is 4. The molecule has 4 nitrogen and oxygen atoms in total. The van der Waals surface area contributed by atoms with Crippen LogP contribution in [0.4, 0.5) is 10.5 Å². The van der Waals surface area contributed by atoms with E-state index in [0.717, 1.165) is 31.2 Å². The zero-order valence-electron chi connectivity index (χ0n) is 12.4. The maximum atomic E-state index is 11.9. The van der Waals surface area contributed by atoms with Gasteiger partial charge in [0.15, 0.2) is 0 Å². The maximum Gasteiger partial charge on any atom is 0.319 e. The predicted molar refractivity (Wildman–Crippen MR) is 82.9 cm³/mol. The number of nitrogens with one attached hydrogen (secondary N) is 2. The number of carbonyl (C=O) groups excluding carboxylic acids is 1. The Hall–Kier alpha value is -1.55. The van der Waals surface area contributed by atoms with Gasteiger partial charge in [-0.3, -0.25) is 0 Å². The molecule has 0 saturated carbocycles. The van der Waals surface area contributed by atoms with Crippen LogP contribution >= 0.6 is 0 Å². The molecule has 2 N–H and O–H groups in total. The zero-order valence-corrected chi connectivity index (χ0v) is 12.4. The highest BCUT2D eigenvalue weighted by Crippen LogP contribution is 2.15. The molecular weight excluding hydrogens is 250 g/mol. The first kappa shape index (κ1) is 14.9. The van der Waals surface area contributed by atoms with Crippen molar-refractivity contribution < 1.29 is 4.79 Å². The van der Waals surface area contributed by atoms with Crippen LogP contribution in [0.15, 0.2) is 30.3 Å². The van der Waals surface area contributed by atoms with Crippen LogP contribution < -0.4 is 10.6 Å². The van der Waals surface area contributed by atoms with E-state index < -0.39 is 0 Å². The van der Waals surface area contributed by atoms with Crippen LogP contribution in [-0.4, -0.2) is 36.6 Å². The second-order valence-electron chi connectivity index (χ2n) is 5.87. The van der Waals surface area contributed by atoms with Crippen LogP contribution in [0, 0.1) is 5.92 Å². The summed E-state index contributed by atoms with van der Waals surface area (Å²) in [6, 6.07) is 9.55. The molecule has 20 heavy (non-hydrogen) atoms. The van der Waals surface area contributed by atoms with Gasteiger partial charge in [0, 0.05) is 24.8 Å². The van der Waals surface area contributed by atoms with E-state index in [2.05, 4.69) is 29.4 Å². The molecule has 0 aliphatic carbocycles. The second-order valence-corrected chi connectivity index (χ2v) is 5.87. The Kier molecular flexibility index (Phi) is 5.41. The minimum Gasteiger partial charge on any atom is -0.334 e. The van der Waals surface area contributed by atoms with Crippen molar-refractivity contribution >= 4 is 11.7 Å². The molecule has 0 bridgehead atoms. The van der Waals surface area contributed by atoms with Gasteiger partial charge in [0.05, 0.1) is 0 Å². The molecule has 110 valence electrons. The molecule has 1 aromatic rings. The molecular formula is C16H25N3O. The van der Waals surface area contributed by atoms with Gasteiger partial charge in [-0.25, -0.2) is 4.79 Å². The van der Waals surface area contributed by atoms with E-state index >= 15 is 0 Å². The number of urea groups is 1.